The molecule has 1 unspecified atom stereocenters. The predicted octanol–water partition coefficient (Wildman–Crippen LogP) is 2.45. The quantitative estimate of drug-likeness (QED) is 0.837. The average molecular weight is 315 g/mol. The second-order valence-corrected chi connectivity index (χ2v) is 5.73. The standard InChI is InChI=1S/C15H22N2O3.ClH/c1-15(2)9-12(17-14(18)6-7-19-3)11-8-10(16)4-5-13(11)20-15;/h4-5,8,12H,6-7,9,16H2,1-3H3,(H,17,18);1H. The first-order valence-electron chi connectivity index (χ1n) is 6.78. The predicted molar refractivity (Wildman–Crippen MR) is 84.8 cm³/mol. The van der Waals surface area contributed by atoms with Gasteiger partial charge in [0.2, 0.25) is 5.91 Å². The molecule has 3 N–H and O–H groups in total. The van der Waals surface area contributed by atoms with Crippen LogP contribution in [0.15, 0.2) is 18.2 Å². The summed E-state index contributed by atoms with van der Waals surface area (Å²) in [5, 5.41) is 3.04. The number of amides is 1. The van der Waals surface area contributed by atoms with Crippen LogP contribution in [0.3, 0.4) is 0 Å². The van der Waals surface area contributed by atoms with E-state index in [0.717, 1.165) is 11.3 Å². The topological polar surface area (TPSA) is 73.6 Å². The Bertz CT molecular complexity index is 506. The lowest BCUT2D eigenvalue weighted by molar-refractivity contribution is -0.123. The first kappa shape index (κ1) is 17.6. The maximum Gasteiger partial charge on any atom is 0.222 e. The fourth-order valence-corrected chi connectivity index (χ4v) is 2.46. The first-order valence-corrected chi connectivity index (χ1v) is 6.78. The van der Waals surface area contributed by atoms with Crippen LogP contribution >= 0.6 is 12.4 Å². The number of methoxy groups -OCH3 is 1. The molecule has 21 heavy (non-hydrogen) atoms. The highest BCUT2D eigenvalue weighted by Gasteiger charge is 2.34. The highest BCUT2D eigenvalue weighted by Crippen LogP contribution is 2.40. The van der Waals surface area contributed by atoms with E-state index in [9.17, 15) is 4.79 Å². The van der Waals surface area contributed by atoms with Gasteiger partial charge in [-0.15, -0.1) is 12.4 Å². The van der Waals surface area contributed by atoms with Crippen molar-refractivity contribution >= 4 is 24.0 Å². The minimum absolute atomic E-state index is 0. The second kappa shape index (κ2) is 7.00. The van der Waals surface area contributed by atoms with Gasteiger partial charge >= 0.3 is 0 Å². The van der Waals surface area contributed by atoms with Crippen LogP contribution in [0.4, 0.5) is 5.69 Å². The van der Waals surface area contributed by atoms with Gasteiger partial charge in [0, 0.05) is 31.2 Å². The zero-order valence-electron chi connectivity index (χ0n) is 12.6. The van der Waals surface area contributed by atoms with Crippen molar-refractivity contribution in [1.82, 2.24) is 5.32 Å². The Labute approximate surface area is 131 Å². The molecule has 0 fully saturated rings. The maximum absolute atomic E-state index is 11.9. The van der Waals surface area contributed by atoms with Gasteiger partial charge < -0.3 is 20.5 Å². The number of benzene rings is 1. The molecule has 0 aromatic heterocycles. The van der Waals surface area contributed by atoms with Crippen molar-refractivity contribution in [2.75, 3.05) is 19.5 Å². The SMILES string of the molecule is COCCC(=O)NC1CC(C)(C)Oc2ccc(N)cc21.Cl. The average Bonchev–Trinajstić information content (AvgIpc) is 2.36. The highest BCUT2D eigenvalue weighted by atomic mass is 35.5. The minimum Gasteiger partial charge on any atom is -0.487 e. The molecule has 1 heterocycles. The molecule has 0 saturated heterocycles. The van der Waals surface area contributed by atoms with Crippen molar-refractivity contribution in [1.29, 1.82) is 0 Å². The Balaban J connectivity index is 0.00000220. The van der Waals surface area contributed by atoms with Crippen LogP contribution in [-0.2, 0) is 9.53 Å². The van der Waals surface area contributed by atoms with Gasteiger partial charge in [0.05, 0.1) is 12.6 Å². The van der Waals surface area contributed by atoms with E-state index in [2.05, 4.69) is 5.32 Å². The van der Waals surface area contributed by atoms with E-state index in [0.29, 0.717) is 25.1 Å². The van der Waals surface area contributed by atoms with E-state index in [1.165, 1.54) is 0 Å². The summed E-state index contributed by atoms with van der Waals surface area (Å²) in [6, 6.07) is 5.46. The van der Waals surface area contributed by atoms with Crippen molar-refractivity contribution in [2.45, 2.75) is 38.3 Å². The van der Waals surface area contributed by atoms with Crippen LogP contribution < -0.4 is 15.8 Å². The number of nitrogens with two attached hydrogens (primary N) is 1. The Morgan fingerprint density at radius 2 is 2.24 bits per heavy atom. The summed E-state index contributed by atoms with van der Waals surface area (Å²) < 4.78 is 10.9. The van der Waals surface area contributed by atoms with Gasteiger partial charge in [0.15, 0.2) is 0 Å². The van der Waals surface area contributed by atoms with E-state index in [-0.39, 0.29) is 30.0 Å². The number of hydrogen-bond acceptors (Lipinski definition) is 4. The van der Waals surface area contributed by atoms with Crippen LogP contribution in [-0.4, -0.2) is 25.2 Å². The lowest BCUT2D eigenvalue weighted by Crippen LogP contribution is -2.41. The molecule has 0 bridgehead atoms. The number of nitrogen functional groups attached to an aromatic ring is 1. The number of nitrogens with one attached hydrogen (secondary N) is 1. The van der Waals surface area contributed by atoms with Crippen molar-refractivity contribution in [3.05, 3.63) is 23.8 Å². The van der Waals surface area contributed by atoms with E-state index >= 15 is 0 Å². The van der Waals surface area contributed by atoms with Crippen LogP contribution in [0.5, 0.6) is 5.75 Å². The maximum atomic E-state index is 11.9. The minimum atomic E-state index is -0.317. The second-order valence-electron chi connectivity index (χ2n) is 5.73. The largest absolute Gasteiger partial charge is 0.487 e. The van der Waals surface area contributed by atoms with Crippen molar-refractivity contribution < 1.29 is 14.3 Å². The summed E-state index contributed by atoms with van der Waals surface area (Å²) in [6.45, 7) is 4.45. The van der Waals surface area contributed by atoms with Crippen LogP contribution in [0.2, 0.25) is 0 Å². The van der Waals surface area contributed by atoms with E-state index in [4.69, 9.17) is 15.2 Å². The summed E-state index contributed by atoms with van der Waals surface area (Å²) in [4.78, 5) is 11.9. The molecule has 0 saturated carbocycles. The Morgan fingerprint density at radius 1 is 1.52 bits per heavy atom. The van der Waals surface area contributed by atoms with E-state index in [1.54, 1.807) is 7.11 Å². The molecule has 118 valence electrons. The fourth-order valence-electron chi connectivity index (χ4n) is 2.46. The summed E-state index contributed by atoms with van der Waals surface area (Å²) in [5.74, 6) is 0.760. The third-order valence-electron chi connectivity index (χ3n) is 3.36. The first-order chi connectivity index (χ1) is 9.41. The molecule has 1 amide bonds. The van der Waals surface area contributed by atoms with Crippen LogP contribution in [0, 0.1) is 0 Å². The smallest absolute Gasteiger partial charge is 0.222 e. The number of rotatable bonds is 4. The molecule has 0 aliphatic carbocycles. The Hall–Kier alpha value is -1.46. The molecular formula is C15H23ClN2O3. The summed E-state index contributed by atoms with van der Waals surface area (Å²) in [6.07, 6.45) is 1.06. The van der Waals surface area contributed by atoms with Crippen molar-refractivity contribution in [2.24, 2.45) is 0 Å². The van der Waals surface area contributed by atoms with E-state index in [1.807, 2.05) is 32.0 Å². The molecule has 2 rings (SSSR count). The number of anilines is 1. The number of fused-ring (bicyclic) bond motifs is 1. The van der Waals surface area contributed by atoms with Gasteiger partial charge in [0.1, 0.15) is 11.4 Å². The molecule has 6 heteroatoms. The lowest BCUT2D eigenvalue weighted by atomic mass is 9.89. The summed E-state index contributed by atoms with van der Waals surface area (Å²) in [5.41, 5.74) is 7.13. The zero-order chi connectivity index (χ0) is 14.8. The zero-order valence-corrected chi connectivity index (χ0v) is 13.5. The fraction of sp³-hybridized carbons (Fsp3) is 0.533. The van der Waals surface area contributed by atoms with Gasteiger partial charge in [-0.05, 0) is 32.0 Å². The molecule has 1 aliphatic rings. The number of carbonyl (C=O) groups is 1. The molecule has 1 aliphatic heterocycles. The van der Waals surface area contributed by atoms with Crippen molar-refractivity contribution in [3.8, 4) is 5.75 Å². The molecule has 1 atom stereocenters. The Kier molecular flexibility index (Phi) is 5.87. The molecular weight excluding hydrogens is 292 g/mol. The van der Waals surface area contributed by atoms with E-state index < -0.39 is 0 Å². The van der Waals surface area contributed by atoms with Crippen LogP contribution in [0.1, 0.15) is 38.3 Å². The molecule has 5 nitrogen and oxygen atoms in total. The van der Waals surface area contributed by atoms with Gasteiger partial charge in [-0.25, -0.2) is 0 Å². The third kappa shape index (κ3) is 4.51. The third-order valence-corrected chi connectivity index (χ3v) is 3.36. The van der Waals surface area contributed by atoms with Gasteiger partial charge in [-0.1, -0.05) is 0 Å². The molecule has 1 aromatic rings. The number of halogens is 1. The number of ether oxygens (including phenoxy) is 2. The van der Waals surface area contributed by atoms with Crippen LogP contribution in [0.25, 0.3) is 0 Å². The Morgan fingerprint density at radius 3 is 2.90 bits per heavy atom. The normalized spacial score (nSPS) is 18.9. The molecule has 1 aromatic carbocycles. The molecule has 0 spiro atoms. The van der Waals surface area contributed by atoms with Gasteiger partial charge in [-0.3, -0.25) is 4.79 Å². The van der Waals surface area contributed by atoms with Crippen molar-refractivity contribution in [3.63, 3.8) is 0 Å². The lowest BCUT2D eigenvalue weighted by Gasteiger charge is -2.38. The molecule has 0 radical (unpaired) electrons. The summed E-state index contributed by atoms with van der Waals surface area (Å²) in [7, 11) is 1.58. The highest BCUT2D eigenvalue weighted by molar-refractivity contribution is 5.85. The van der Waals surface area contributed by atoms with Gasteiger partial charge in [0.25, 0.3) is 0 Å². The summed E-state index contributed by atoms with van der Waals surface area (Å²) >= 11 is 0. The number of carbonyl (C=O) groups excluding carboxylic acids is 1. The number of hydrogen-bond donors (Lipinski definition) is 2. The van der Waals surface area contributed by atoms with Gasteiger partial charge in [-0.2, -0.15) is 0 Å². The monoisotopic (exact) mass is 314 g/mol.